The van der Waals surface area contributed by atoms with Crippen molar-refractivity contribution in [2.24, 2.45) is 10.9 Å². The van der Waals surface area contributed by atoms with Gasteiger partial charge in [-0.3, -0.25) is 4.99 Å². The summed E-state index contributed by atoms with van der Waals surface area (Å²) in [5.41, 5.74) is 6.65. The van der Waals surface area contributed by atoms with Gasteiger partial charge in [-0.1, -0.05) is 56.3 Å². The molecule has 0 radical (unpaired) electrons. The van der Waals surface area contributed by atoms with Gasteiger partial charge in [0, 0.05) is 29.3 Å². The molecule has 2 heterocycles. The summed E-state index contributed by atoms with van der Waals surface area (Å²) in [6, 6.07) is 17.5. The van der Waals surface area contributed by atoms with Crippen molar-refractivity contribution in [3.8, 4) is 0 Å². The zero-order chi connectivity index (χ0) is 16.9. The summed E-state index contributed by atoms with van der Waals surface area (Å²) in [6.45, 7) is 10.1. The van der Waals surface area contributed by atoms with Crippen LogP contribution in [0, 0.1) is 5.92 Å². The third-order valence-corrected chi connectivity index (χ3v) is 6.22. The zero-order valence-electron chi connectivity index (χ0n) is 15.1. The highest BCUT2D eigenvalue weighted by atomic mass is 14.9. The lowest BCUT2D eigenvalue weighted by Crippen LogP contribution is -2.48. The van der Waals surface area contributed by atoms with Crippen LogP contribution < -0.4 is 5.32 Å². The number of hydrogen-bond donors (Lipinski definition) is 1. The third-order valence-electron chi connectivity index (χ3n) is 6.22. The molecule has 1 unspecified atom stereocenters. The van der Waals surface area contributed by atoms with Crippen LogP contribution in [0.5, 0.6) is 0 Å². The lowest BCUT2D eigenvalue weighted by molar-refractivity contribution is 0.301. The monoisotopic (exact) mass is 318 g/mol. The smallest absolute Gasteiger partial charge is 0.0646 e. The first-order chi connectivity index (χ1) is 11.4. The average molecular weight is 318 g/mol. The number of rotatable bonds is 1. The second-order valence-corrected chi connectivity index (χ2v) is 8.17. The highest BCUT2D eigenvalue weighted by Crippen LogP contribution is 2.44. The fourth-order valence-corrected chi connectivity index (χ4v) is 4.03. The Hall–Kier alpha value is -2.09. The number of fused-ring (bicyclic) bond motifs is 2. The first-order valence-corrected chi connectivity index (χ1v) is 8.91. The van der Waals surface area contributed by atoms with Crippen molar-refractivity contribution in [1.82, 2.24) is 0 Å². The van der Waals surface area contributed by atoms with Gasteiger partial charge in [0.05, 0.1) is 5.54 Å². The molecule has 0 aliphatic carbocycles. The van der Waals surface area contributed by atoms with Crippen LogP contribution in [0.1, 0.15) is 44.4 Å². The van der Waals surface area contributed by atoms with Gasteiger partial charge < -0.3 is 5.32 Å². The Morgan fingerprint density at radius 2 is 1.67 bits per heavy atom. The van der Waals surface area contributed by atoms with E-state index in [9.17, 15) is 0 Å². The second-order valence-electron chi connectivity index (χ2n) is 8.17. The van der Waals surface area contributed by atoms with Crippen LogP contribution in [-0.4, -0.2) is 17.8 Å². The summed E-state index contributed by atoms with van der Waals surface area (Å²) in [5, 5.41) is 3.61. The molecule has 2 heteroatoms. The third kappa shape index (κ3) is 2.20. The molecule has 24 heavy (non-hydrogen) atoms. The number of anilines is 1. The Balaban J connectivity index is 1.80. The Labute approximate surface area is 145 Å². The molecular formula is C22H26N2. The molecule has 0 saturated carbocycles. The Morgan fingerprint density at radius 3 is 2.50 bits per heavy atom. The quantitative estimate of drug-likeness (QED) is 0.800. The summed E-state index contributed by atoms with van der Waals surface area (Å²) >= 11 is 0. The van der Waals surface area contributed by atoms with Crippen molar-refractivity contribution in [2.45, 2.75) is 45.1 Å². The Morgan fingerprint density at radius 1 is 0.958 bits per heavy atom. The minimum absolute atomic E-state index is 0.0348. The lowest BCUT2D eigenvalue weighted by Gasteiger charge is -2.46. The molecule has 2 aromatic rings. The lowest BCUT2D eigenvalue weighted by atomic mass is 9.65. The van der Waals surface area contributed by atoms with E-state index in [1.807, 2.05) is 0 Å². The number of hydrogen-bond acceptors (Lipinski definition) is 2. The molecule has 0 amide bonds. The standard InChI is InChI=1S/C22H26N2/c1-21(2)18-11-7-6-10-17(18)20(24-22(21,3)4)16-13-15-9-5-8-12-19(15)23-14-16/h5-12,16,23H,13-14H2,1-4H3. The Bertz CT molecular complexity index is 814. The number of nitrogens with one attached hydrogen (secondary N) is 1. The van der Waals surface area contributed by atoms with Crippen LogP contribution in [0.4, 0.5) is 5.69 Å². The maximum absolute atomic E-state index is 5.28. The topological polar surface area (TPSA) is 24.4 Å². The van der Waals surface area contributed by atoms with Crippen LogP contribution in [-0.2, 0) is 11.8 Å². The largest absolute Gasteiger partial charge is 0.384 e. The van der Waals surface area contributed by atoms with Gasteiger partial charge in [0.1, 0.15) is 0 Å². The van der Waals surface area contributed by atoms with E-state index in [1.165, 1.54) is 28.1 Å². The van der Waals surface area contributed by atoms with Gasteiger partial charge in [-0.25, -0.2) is 0 Å². The summed E-state index contributed by atoms with van der Waals surface area (Å²) in [7, 11) is 0. The molecule has 1 N–H and O–H groups in total. The van der Waals surface area contributed by atoms with Crippen LogP contribution >= 0.6 is 0 Å². The number of benzene rings is 2. The average Bonchev–Trinajstić information content (AvgIpc) is 2.58. The minimum atomic E-state index is -0.104. The van der Waals surface area contributed by atoms with Crippen LogP contribution in [0.2, 0.25) is 0 Å². The van der Waals surface area contributed by atoms with E-state index in [2.05, 4.69) is 81.5 Å². The first kappa shape index (κ1) is 15.4. The molecule has 2 aliphatic heterocycles. The molecule has 2 aliphatic rings. The van der Waals surface area contributed by atoms with Gasteiger partial charge in [0.15, 0.2) is 0 Å². The van der Waals surface area contributed by atoms with Crippen molar-refractivity contribution in [3.63, 3.8) is 0 Å². The van der Waals surface area contributed by atoms with Crippen molar-refractivity contribution in [1.29, 1.82) is 0 Å². The van der Waals surface area contributed by atoms with Crippen LogP contribution in [0.15, 0.2) is 53.5 Å². The normalized spacial score (nSPS) is 23.5. The van der Waals surface area contributed by atoms with Gasteiger partial charge in [-0.2, -0.15) is 0 Å². The number of aliphatic imine (C=N–C) groups is 1. The van der Waals surface area contributed by atoms with Gasteiger partial charge >= 0.3 is 0 Å². The molecule has 0 saturated heterocycles. The van der Waals surface area contributed by atoms with E-state index in [0.717, 1.165) is 13.0 Å². The van der Waals surface area contributed by atoms with E-state index in [4.69, 9.17) is 4.99 Å². The highest BCUT2D eigenvalue weighted by Gasteiger charge is 2.44. The van der Waals surface area contributed by atoms with Gasteiger partial charge in [0.2, 0.25) is 0 Å². The SMILES string of the molecule is CC1(C)N=C(C2CNc3ccccc3C2)c2ccccc2C1(C)C. The molecule has 124 valence electrons. The summed E-state index contributed by atoms with van der Waals surface area (Å²) in [6.07, 6.45) is 1.06. The first-order valence-electron chi connectivity index (χ1n) is 8.91. The predicted molar refractivity (Wildman–Crippen MR) is 102 cm³/mol. The number of para-hydroxylation sites is 1. The summed E-state index contributed by atoms with van der Waals surface area (Å²) in [4.78, 5) is 5.28. The number of nitrogens with zero attached hydrogens (tertiary/aromatic N) is 1. The fraction of sp³-hybridized carbons (Fsp3) is 0.409. The maximum atomic E-state index is 5.28. The molecule has 1 atom stereocenters. The fourth-order valence-electron chi connectivity index (χ4n) is 4.03. The van der Waals surface area contributed by atoms with Gasteiger partial charge in [-0.05, 0) is 43.0 Å². The second kappa shape index (κ2) is 5.20. The van der Waals surface area contributed by atoms with Crippen LogP contribution in [0.3, 0.4) is 0 Å². The van der Waals surface area contributed by atoms with E-state index in [-0.39, 0.29) is 11.0 Å². The van der Waals surface area contributed by atoms with Crippen molar-refractivity contribution in [3.05, 3.63) is 65.2 Å². The maximum Gasteiger partial charge on any atom is 0.0646 e. The van der Waals surface area contributed by atoms with E-state index in [0.29, 0.717) is 5.92 Å². The van der Waals surface area contributed by atoms with Crippen molar-refractivity contribution >= 4 is 11.4 Å². The highest BCUT2D eigenvalue weighted by molar-refractivity contribution is 6.05. The molecule has 2 nitrogen and oxygen atoms in total. The minimum Gasteiger partial charge on any atom is -0.384 e. The van der Waals surface area contributed by atoms with Gasteiger partial charge in [0.25, 0.3) is 0 Å². The molecule has 0 fully saturated rings. The van der Waals surface area contributed by atoms with E-state index in [1.54, 1.807) is 0 Å². The summed E-state index contributed by atoms with van der Waals surface area (Å²) < 4.78 is 0. The molecule has 0 aromatic heterocycles. The van der Waals surface area contributed by atoms with Gasteiger partial charge in [-0.15, -0.1) is 0 Å². The van der Waals surface area contributed by atoms with Crippen molar-refractivity contribution in [2.75, 3.05) is 11.9 Å². The zero-order valence-corrected chi connectivity index (χ0v) is 15.1. The Kier molecular flexibility index (Phi) is 3.35. The van der Waals surface area contributed by atoms with E-state index >= 15 is 0 Å². The molecule has 4 rings (SSSR count). The van der Waals surface area contributed by atoms with Crippen LogP contribution in [0.25, 0.3) is 0 Å². The molecule has 0 bridgehead atoms. The van der Waals surface area contributed by atoms with E-state index < -0.39 is 0 Å². The molecular weight excluding hydrogens is 292 g/mol. The predicted octanol–water partition coefficient (Wildman–Crippen LogP) is 4.83. The molecule has 0 spiro atoms. The van der Waals surface area contributed by atoms with Crippen molar-refractivity contribution < 1.29 is 0 Å². The molecule has 2 aromatic carbocycles. The summed E-state index contributed by atoms with van der Waals surface area (Å²) in [5.74, 6) is 0.427.